The van der Waals surface area contributed by atoms with E-state index in [1.54, 1.807) is 20.0 Å². The molecule has 0 aliphatic carbocycles. The van der Waals surface area contributed by atoms with Crippen molar-refractivity contribution in [3.8, 4) is 5.75 Å². The highest BCUT2D eigenvalue weighted by molar-refractivity contribution is 6.15. The number of phenols is 1. The summed E-state index contributed by atoms with van der Waals surface area (Å²) in [6.07, 6.45) is 6.59. The van der Waals surface area contributed by atoms with E-state index in [-0.39, 0.29) is 16.4 Å². The summed E-state index contributed by atoms with van der Waals surface area (Å²) in [6.45, 7) is 22.4. The lowest BCUT2D eigenvalue weighted by Crippen LogP contribution is -2.42. The Morgan fingerprint density at radius 2 is 1.36 bits per heavy atom. The number of nitrogens with one attached hydrogen (secondary N) is 1. The first-order chi connectivity index (χ1) is 20.9. The van der Waals surface area contributed by atoms with Crippen LogP contribution in [0.1, 0.15) is 117 Å². The fourth-order valence-electron chi connectivity index (χ4n) is 5.53. The molecule has 0 amide bonds. The molecule has 1 heterocycles. The third kappa shape index (κ3) is 10.8. The second-order valence-corrected chi connectivity index (χ2v) is 15.4. The van der Waals surface area contributed by atoms with Gasteiger partial charge in [-0.05, 0) is 59.3 Å². The van der Waals surface area contributed by atoms with Crippen molar-refractivity contribution < 1.29 is 24.2 Å². The number of carbonyl (C=O) groups is 2. The average Bonchev–Trinajstić information content (AvgIpc) is 2.89. The van der Waals surface area contributed by atoms with E-state index >= 15 is 0 Å². The molecule has 1 fully saturated rings. The van der Waals surface area contributed by atoms with E-state index in [9.17, 15) is 14.7 Å². The monoisotopic (exact) mass is 620 g/mol. The van der Waals surface area contributed by atoms with Crippen LogP contribution in [0.5, 0.6) is 5.75 Å². The van der Waals surface area contributed by atoms with Crippen LogP contribution < -0.4 is 5.32 Å². The first kappa shape index (κ1) is 36.0. The molecule has 1 saturated heterocycles. The van der Waals surface area contributed by atoms with Gasteiger partial charge in [0.25, 0.3) is 5.79 Å². The van der Waals surface area contributed by atoms with Crippen molar-refractivity contribution in [2.24, 2.45) is 5.92 Å². The molecule has 1 aliphatic heterocycles. The maximum Gasteiger partial charge on any atom is 0.350 e. The topological polar surface area (TPSA) is 88.1 Å². The number of rotatable bonds is 13. The Morgan fingerprint density at radius 3 is 1.87 bits per heavy atom. The number of nitrogens with zero attached hydrogens (tertiary/aromatic N) is 1. The third-order valence-corrected chi connectivity index (χ3v) is 7.91. The van der Waals surface area contributed by atoms with Gasteiger partial charge in [-0.2, -0.15) is 0 Å². The number of carbonyl (C=O) groups excluding carboxylic acids is 2. The molecule has 0 spiro atoms. The predicted octanol–water partition coefficient (Wildman–Crippen LogP) is 8.38. The van der Waals surface area contributed by atoms with E-state index in [1.807, 2.05) is 4.90 Å². The van der Waals surface area contributed by atoms with Crippen molar-refractivity contribution in [1.29, 1.82) is 0 Å². The van der Waals surface area contributed by atoms with Gasteiger partial charge in [-0.1, -0.05) is 92.5 Å². The number of ether oxygens (including phenoxy) is 2. The van der Waals surface area contributed by atoms with Crippen LogP contribution in [-0.4, -0.2) is 40.8 Å². The van der Waals surface area contributed by atoms with E-state index in [4.69, 9.17) is 9.47 Å². The fraction of sp³-hybridized carbons (Fsp3) is 0.579. The summed E-state index contributed by atoms with van der Waals surface area (Å²) >= 11 is 0. The summed E-state index contributed by atoms with van der Waals surface area (Å²) in [7, 11) is 0. The van der Waals surface area contributed by atoms with Crippen molar-refractivity contribution >= 4 is 17.6 Å². The molecule has 1 aliphatic rings. The zero-order valence-corrected chi connectivity index (χ0v) is 29.3. The number of hydrogen-bond donors (Lipinski definition) is 2. The standard InChI is InChI=1S/C38H56N2O5/c1-26(2)21-27-15-17-28(18-16-27)24-40(25-30-34(42)44-38(9,10)45-35(30)43)20-14-12-11-13-19-39-29-22-31(36(3,4)5)33(41)32(23-29)37(6,7)8/h15-18,22-23,25-26,39,41H,11-14,19-21,24H2,1-10H3. The van der Waals surface area contributed by atoms with Crippen LogP contribution in [0.2, 0.25) is 0 Å². The minimum Gasteiger partial charge on any atom is -0.507 e. The number of aromatic hydroxyl groups is 1. The van der Waals surface area contributed by atoms with Crippen LogP contribution >= 0.6 is 0 Å². The average molecular weight is 621 g/mol. The number of hydrogen-bond acceptors (Lipinski definition) is 7. The minimum absolute atomic E-state index is 0.0758. The van der Waals surface area contributed by atoms with Crippen LogP contribution in [0.3, 0.4) is 0 Å². The molecule has 0 unspecified atom stereocenters. The Balaban J connectivity index is 1.61. The van der Waals surface area contributed by atoms with Gasteiger partial charge in [-0.25, -0.2) is 9.59 Å². The summed E-state index contributed by atoms with van der Waals surface area (Å²) in [6, 6.07) is 12.7. The number of anilines is 1. The fourth-order valence-corrected chi connectivity index (χ4v) is 5.53. The highest BCUT2D eigenvalue weighted by Crippen LogP contribution is 2.41. The summed E-state index contributed by atoms with van der Waals surface area (Å²) in [5.74, 6) is -1.59. The normalized spacial score (nSPS) is 15.1. The quantitative estimate of drug-likeness (QED) is 0.0765. The second kappa shape index (κ2) is 14.7. The van der Waals surface area contributed by atoms with Gasteiger partial charge in [0.1, 0.15) is 5.75 Å². The predicted molar refractivity (Wildman–Crippen MR) is 182 cm³/mol. The third-order valence-electron chi connectivity index (χ3n) is 7.91. The van der Waals surface area contributed by atoms with Gasteiger partial charge < -0.3 is 24.8 Å². The summed E-state index contributed by atoms with van der Waals surface area (Å²) in [4.78, 5) is 27.3. The Bertz CT molecular complexity index is 1290. The maximum absolute atomic E-state index is 12.7. The second-order valence-electron chi connectivity index (χ2n) is 15.4. The highest BCUT2D eigenvalue weighted by atomic mass is 16.7. The Hall–Kier alpha value is -3.48. The molecule has 0 bridgehead atoms. The van der Waals surface area contributed by atoms with Crippen molar-refractivity contribution in [3.05, 3.63) is 70.4 Å². The SMILES string of the molecule is CC(C)Cc1ccc(CN(C=C2C(=O)OC(C)(C)OC2=O)CCCCCCNc2cc(C(C)(C)C)c(O)c(C(C)(C)C)c2)cc1. The van der Waals surface area contributed by atoms with E-state index < -0.39 is 17.7 Å². The van der Waals surface area contributed by atoms with E-state index in [0.717, 1.165) is 61.0 Å². The molecule has 2 aromatic rings. The van der Waals surface area contributed by atoms with E-state index in [2.05, 4.69) is 97.1 Å². The largest absolute Gasteiger partial charge is 0.507 e. The van der Waals surface area contributed by atoms with Gasteiger partial charge in [-0.3, -0.25) is 0 Å². The summed E-state index contributed by atoms with van der Waals surface area (Å²) < 4.78 is 10.7. The van der Waals surface area contributed by atoms with Gasteiger partial charge in [-0.15, -0.1) is 0 Å². The molecule has 0 atom stereocenters. The van der Waals surface area contributed by atoms with Gasteiger partial charge in [0.05, 0.1) is 0 Å². The zero-order valence-electron chi connectivity index (χ0n) is 29.3. The smallest absolute Gasteiger partial charge is 0.350 e. The Kier molecular flexibility index (Phi) is 11.8. The lowest BCUT2D eigenvalue weighted by atomic mass is 9.79. The Morgan fingerprint density at radius 1 is 0.844 bits per heavy atom. The van der Waals surface area contributed by atoms with Gasteiger partial charge in [0, 0.05) is 56.5 Å². The van der Waals surface area contributed by atoms with Crippen LogP contribution in [-0.2, 0) is 42.9 Å². The van der Waals surface area contributed by atoms with E-state index in [0.29, 0.717) is 24.8 Å². The highest BCUT2D eigenvalue weighted by Gasteiger charge is 2.39. The Labute approximate surface area is 271 Å². The zero-order chi connectivity index (χ0) is 33.6. The van der Waals surface area contributed by atoms with Gasteiger partial charge in [0.15, 0.2) is 5.57 Å². The number of benzene rings is 2. The number of esters is 2. The molecule has 3 rings (SSSR count). The molecule has 7 heteroatoms. The molecule has 7 nitrogen and oxygen atoms in total. The number of cyclic esters (lactones) is 2. The summed E-state index contributed by atoms with van der Waals surface area (Å²) in [5.41, 5.74) is 4.94. The van der Waals surface area contributed by atoms with Crippen molar-refractivity contribution in [2.75, 3.05) is 18.4 Å². The first-order valence-electron chi connectivity index (χ1n) is 16.5. The molecule has 248 valence electrons. The molecule has 0 aromatic heterocycles. The van der Waals surface area contributed by atoms with Crippen LogP contribution in [0, 0.1) is 5.92 Å². The molecule has 45 heavy (non-hydrogen) atoms. The van der Waals surface area contributed by atoms with E-state index in [1.165, 1.54) is 5.56 Å². The number of unbranched alkanes of at least 4 members (excludes halogenated alkanes) is 3. The first-order valence-corrected chi connectivity index (χ1v) is 16.5. The van der Waals surface area contributed by atoms with Gasteiger partial charge in [0.2, 0.25) is 0 Å². The molecule has 2 aromatic carbocycles. The van der Waals surface area contributed by atoms with Gasteiger partial charge >= 0.3 is 11.9 Å². The molecular weight excluding hydrogens is 564 g/mol. The molecule has 0 saturated carbocycles. The molecular formula is C38H56N2O5. The summed E-state index contributed by atoms with van der Waals surface area (Å²) in [5, 5.41) is 14.6. The minimum atomic E-state index is -1.26. The number of phenolic OH excluding ortho intramolecular Hbond substituents is 1. The van der Waals surface area contributed by atoms with Crippen molar-refractivity contribution in [3.63, 3.8) is 0 Å². The van der Waals surface area contributed by atoms with Crippen LogP contribution in [0.25, 0.3) is 0 Å². The lowest BCUT2D eigenvalue weighted by molar-refractivity contribution is -0.222. The van der Waals surface area contributed by atoms with Crippen LogP contribution in [0.15, 0.2) is 48.2 Å². The van der Waals surface area contributed by atoms with Crippen molar-refractivity contribution in [1.82, 2.24) is 4.90 Å². The molecule has 0 radical (unpaired) electrons. The van der Waals surface area contributed by atoms with Crippen molar-refractivity contribution in [2.45, 2.75) is 125 Å². The lowest BCUT2D eigenvalue weighted by Gasteiger charge is -2.31. The molecule has 2 N–H and O–H groups in total. The van der Waals surface area contributed by atoms with Crippen LogP contribution in [0.4, 0.5) is 5.69 Å². The maximum atomic E-state index is 12.7.